The second-order valence-corrected chi connectivity index (χ2v) is 4.98. The van der Waals surface area contributed by atoms with E-state index in [2.05, 4.69) is 11.7 Å². The van der Waals surface area contributed by atoms with E-state index in [0.717, 1.165) is 32.1 Å². The molecule has 4 heteroatoms. The molecule has 0 aliphatic heterocycles. The van der Waals surface area contributed by atoms with Crippen molar-refractivity contribution < 1.29 is 14.7 Å². The fourth-order valence-corrected chi connectivity index (χ4v) is 2.05. The smallest absolute Gasteiger partial charge is 0.303 e. The van der Waals surface area contributed by atoms with Gasteiger partial charge in [-0.3, -0.25) is 9.59 Å². The van der Waals surface area contributed by atoms with E-state index in [4.69, 9.17) is 5.11 Å². The van der Waals surface area contributed by atoms with Crippen molar-refractivity contribution >= 4 is 18.6 Å². The van der Waals surface area contributed by atoms with Crippen molar-refractivity contribution in [3.63, 3.8) is 0 Å². The Balaban J connectivity index is 3.05. The Morgan fingerprint density at radius 3 is 1.47 bits per heavy atom. The number of carboxylic acid groups (broad SMARTS) is 1. The normalized spacial score (nSPS) is 10.3. The van der Waals surface area contributed by atoms with Crippen molar-refractivity contribution in [3.05, 3.63) is 0 Å². The first-order valence-corrected chi connectivity index (χ1v) is 7.38. The standard InChI is InChI=1S/C15H27NO3/c1-16-14(17)12-10-8-6-4-2-3-5-7-9-11-13-15(18)19/h1-13H2,(H,18,19). The summed E-state index contributed by atoms with van der Waals surface area (Å²) in [6, 6.07) is 0. The number of hydrogen-bond acceptors (Lipinski definition) is 2. The van der Waals surface area contributed by atoms with Gasteiger partial charge >= 0.3 is 5.97 Å². The van der Waals surface area contributed by atoms with Gasteiger partial charge in [-0.15, -0.1) is 0 Å². The molecule has 0 aliphatic carbocycles. The monoisotopic (exact) mass is 269 g/mol. The second-order valence-electron chi connectivity index (χ2n) is 4.98. The van der Waals surface area contributed by atoms with Crippen LogP contribution in [-0.2, 0) is 9.59 Å². The van der Waals surface area contributed by atoms with Crippen LogP contribution in [0.2, 0.25) is 0 Å². The minimum atomic E-state index is -0.690. The van der Waals surface area contributed by atoms with Gasteiger partial charge in [0.15, 0.2) is 0 Å². The number of carboxylic acids is 1. The molecule has 0 unspecified atom stereocenters. The lowest BCUT2D eigenvalue weighted by molar-refractivity contribution is -0.137. The van der Waals surface area contributed by atoms with Gasteiger partial charge in [0.1, 0.15) is 0 Å². The summed E-state index contributed by atoms with van der Waals surface area (Å²) in [5.41, 5.74) is 0. The molecule has 0 saturated heterocycles. The van der Waals surface area contributed by atoms with Gasteiger partial charge in [0.25, 0.3) is 0 Å². The number of rotatable bonds is 13. The van der Waals surface area contributed by atoms with E-state index in [1.165, 1.54) is 32.1 Å². The second kappa shape index (κ2) is 13.2. The van der Waals surface area contributed by atoms with Gasteiger partial charge in [0.2, 0.25) is 5.91 Å². The fraction of sp³-hybridized carbons (Fsp3) is 0.800. The minimum absolute atomic E-state index is 0.0960. The average molecular weight is 269 g/mol. The lowest BCUT2D eigenvalue weighted by Gasteiger charge is -2.01. The van der Waals surface area contributed by atoms with Crippen LogP contribution in [0.25, 0.3) is 0 Å². The Kier molecular flexibility index (Phi) is 12.4. The number of carbonyl (C=O) groups excluding carboxylic acids is 1. The maximum atomic E-state index is 10.8. The average Bonchev–Trinajstić information content (AvgIpc) is 2.39. The van der Waals surface area contributed by atoms with Gasteiger partial charge in [-0.05, 0) is 19.6 Å². The predicted molar refractivity (Wildman–Crippen MR) is 77.6 cm³/mol. The topological polar surface area (TPSA) is 66.7 Å². The Labute approximate surface area is 116 Å². The molecule has 1 N–H and O–H groups in total. The van der Waals surface area contributed by atoms with Crippen molar-refractivity contribution in [1.29, 1.82) is 0 Å². The Hall–Kier alpha value is -1.19. The molecule has 0 fully saturated rings. The van der Waals surface area contributed by atoms with Gasteiger partial charge in [-0.2, -0.15) is 0 Å². The van der Waals surface area contributed by atoms with Crippen molar-refractivity contribution in [2.45, 2.75) is 77.0 Å². The summed E-state index contributed by atoms with van der Waals surface area (Å²) in [4.78, 5) is 24.5. The first-order valence-electron chi connectivity index (χ1n) is 7.38. The molecule has 1 amide bonds. The molecule has 0 spiro atoms. The molecule has 19 heavy (non-hydrogen) atoms. The molecule has 0 heterocycles. The molecule has 0 aliphatic rings. The Bertz CT molecular complexity index is 264. The molecule has 0 rings (SSSR count). The van der Waals surface area contributed by atoms with E-state index in [9.17, 15) is 9.59 Å². The molecule has 4 nitrogen and oxygen atoms in total. The summed E-state index contributed by atoms with van der Waals surface area (Å²) in [5.74, 6) is -0.786. The lowest BCUT2D eigenvalue weighted by atomic mass is 10.1. The van der Waals surface area contributed by atoms with Gasteiger partial charge in [0.05, 0.1) is 0 Å². The van der Waals surface area contributed by atoms with Gasteiger partial charge in [0, 0.05) is 12.8 Å². The van der Waals surface area contributed by atoms with Crippen molar-refractivity contribution in [2.75, 3.05) is 0 Å². The van der Waals surface area contributed by atoms with Crippen molar-refractivity contribution in [1.82, 2.24) is 0 Å². The third-order valence-electron chi connectivity index (χ3n) is 3.21. The molecule has 0 aromatic heterocycles. The van der Waals surface area contributed by atoms with Crippen LogP contribution in [0, 0.1) is 0 Å². The van der Waals surface area contributed by atoms with Crippen LogP contribution in [-0.4, -0.2) is 23.7 Å². The zero-order valence-corrected chi connectivity index (χ0v) is 11.9. The van der Waals surface area contributed by atoms with Crippen LogP contribution >= 0.6 is 0 Å². The summed E-state index contributed by atoms with van der Waals surface area (Å²) >= 11 is 0. The Morgan fingerprint density at radius 1 is 0.737 bits per heavy atom. The highest BCUT2D eigenvalue weighted by atomic mass is 16.4. The fourth-order valence-electron chi connectivity index (χ4n) is 2.05. The van der Waals surface area contributed by atoms with Crippen LogP contribution in [0.3, 0.4) is 0 Å². The summed E-state index contributed by atoms with van der Waals surface area (Å²) in [6.45, 7) is 3.21. The van der Waals surface area contributed by atoms with E-state index in [1.54, 1.807) is 0 Å². The predicted octanol–water partition coefficient (Wildman–Crippen LogP) is 3.98. The molecule has 0 bridgehead atoms. The summed E-state index contributed by atoms with van der Waals surface area (Å²) in [5, 5.41) is 8.48. The zero-order valence-electron chi connectivity index (χ0n) is 11.9. The summed E-state index contributed by atoms with van der Waals surface area (Å²) in [6.07, 6.45) is 11.9. The van der Waals surface area contributed by atoms with E-state index >= 15 is 0 Å². The van der Waals surface area contributed by atoms with Gasteiger partial charge < -0.3 is 5.11 Å². The van der Waals surface area contributed by atoms with Crippen molar-refractivity contribution in [2.24, 2.45) is 4.99 Å². The van der Waals surface area contributed by atoms with Crippen LogP contribution in [0.4, 0.5) is 0 Å². The summed E-state index contributed by atoms with van der Waals surface area (Å²) in [7, 11) is 0. The molecular weight excluding hydrogens is 242 g/mol. The highest BCUT2D eigenvalue weighted by Gasteiger charge is 1.98. The number of aliphatic carboxylic acids is 1. The number of nitrogens with zero attached hydrogens (tertiary/aromatic N) is 1. The zero-order chi connectivity index (χ0) is 14.3. The molecule has 110 valence electrons. The van der Waals surface area contributed by atoms with Crippen LogP contribution in [0.1, 0.15) is 77.0 Å². The van der Waals surface area contributed by atoms with Gasteiger partial charge in [-0.25, -0.2) is 4.99 Å². The number of unbranched alkanes of at least 4 members (excludes halogenated alkanes) is 9. The van der Waals surface area contributed by atoms with E-state index in [1.807, 2.05) is 0 Å². The SMILES string of the molecule is C=NC(=O)CCCCCCCCCCCCC(=O)O. The maximum Gasteiger partial charge on any atom is 0.303 e. The van der Waals surface area contributed by atoms with Crippen molar-refractivity contribution in [3.8, 4) is 0 Å². The molecule has 0 saturated carbocycles. The third-order valence-corrected chi connectivity index (χ3v) is 3.21. The number of hydrogen-bond donors (Lipinski definition) is 1. The molecule has 0 radical (unpaired) electrons. The van der Waals surface area contributed by atoms with Crippen LogP contribution in [0.15, 0.2) is 4.99 Å². The number of amides is 1. The molecule has 0 aromatic rings. The summed E-state index contributed by atoms with van der Waals surface area (Å²) < 4.78 is 0. The van der Waals surface area contributed by atoms with Crippen LogP contribution in [0.5, 0.6) is 0 Å². The van der Waals surface area contributed by atoms with Gasteiger partial charge in [-0.1, -0.05) is 51.4 Å². The van der Waals surface area contributed by atoms with Crippen LogP contribution < -0.4 is 0 Å². The highest BCUT2D eigenvalue weighted by Crippen LogP contribution is 2.12. The molecule has 0 atom stereocenters. The lowest BCUT2D eigenvalue weighted by Crippen LogP contribution is -1.93. The first-order chi connectivity index (χ1) is 9.16. The molecular formula is C15H27NO3. The quantitative estimate of drug-likeness (QED) is 0.406. The third kappa shape index (κ3) is 14.8. The minimum Gasteiger partial charge on any atom is -0.481 e. The maximum absolute atomic E-state index is 10.8. The highest BCUT2D eigenvalue weighted by molar-refractivity contribution is 5.80. The largest absolute Gasteiger partial charge is 0.481 e. The number of aliphatic imine (C=N–C) groups is 1. The van der Waals surface area contributed by atoms with E-state index in [0.29, 0.717) is 12.8 Å². The number of carbonyl (C=O) groups is 2. The first kappa shape index (κ1) is 17.8. The Morgan fingerprint density at radius 2 is 1.11 bits per heavy atom. The molecule has 0 aromatic carbocycles. The van der Waals surface area contributed by atoms with E-state index < -0.39 is 5.97 Å². The van der Waals surface area contributed by atoms with E-state index in [-0.39, 0.29) is 5.91 Å².